The number of fused-ring (bicyclic) bond motifs is 3. The van der Waals surface area contributed by atoms with Crippen molar-refractivity contribution in [3.63, 3.8) is 0 Å². The molecule has 1 aliphatic rings. The fourth-order valence-corrected chi connectivity index (χ4v) is 4.73. The summed E-state index contributed by atoms with van der Waals surface area (Å²) in [7, 11) is -3.60. The quantitative estimate of drug-likeness (QED) is 0.678. The fraction of sp³-hybridized carbons (Fsp3) is 0.300. The molecule has 0 radical (unpaired) electrons. The average Bonchev–Trinajstić information content (AvgIpc) is 2.75. The maximum absolute atomic E-state index is 12.8. The lowest BCUT2D eigenvalue weighted by Gasteiger charge is -2.09. The van der Waals surface area contributed by atoms with Crippen molar-refractivity contribution in [1.29, 1.82) is 0 Å². The van der Waals surface area contributed by atoms with Crippen molar-refractivity contribution in [2.75, 3.05) is 4.72 Å². The zero-order chi connectivity index (χ0) is 17.4. The maximum Gasteiger partial charge on any atom is 0.261 e. The van der Waals surface area contributed by atoms with Crippen molar-refractivity contribution in [3.8, 4) is 0 Å². The summed E-state index contributed by atoms with van der Waals surface area (Å²) in [6, 6.07) is 12.8. The number of benzene rings is 2. The molecular formula is C20H22N2O2S. The molecule has 2 N–H and O–H groups in total. The van der Waals surface area contributed by atoms with Gasteiger partial charge in [-0.05, 0) is 74.1 Å². The molecule has 3 aromatic rings. The van der Waals surface area contributed by atoms with Gasteiger partial charge in [-0.1, -0.05) is 18.6 Å². The molecule has 0 bridgehead atoms. The van der Waals surface area contributed by atoms with Crippen molar-refractivity contribution in [1.82, 2.24) is 4.98 Å². The summed E-state index contributed by atoms with van der Waals surface area (Å²) < 4.78 is 28.3. The Balaban J connectivity index is 1.74. The van der Waals surface area contributed by atoms with Crippen LogP contribution in [-0.4, -0.2) is 13.4 Å². The van der Waals surface area contributed by atoms with Gasteiger partial charge < -0.3 is 4.98 Å². The topological polar surface area (TPSA) is 62.0 Å². The fourth-order valence-electron chi connectivity index (χ4n) is 3.65. The molecule has 4 nitrogen and oxygen atoms in total. The summed E-state index contributed by atoms with van der Waals surface area (Å²) in [5.41, 5.74) is 5.20. The van der Waals surface area contributed by atoms with Crippen LogP contribution in [-0.2, 0) is 22.9 Å². The lowest BCUT2D eigenvalue weighted by molar-refractivity contribution is 0.601. The Bertz CT molecular complexity index is 1040. The largest absolute Gasteiger partial charge is 0.358 e. The molecular weight excluding hydrogens is 332 g/mol. The smallest absolute Gasteiger partial charge is 0.261 e. The molecule has 0 spiro atoms. The number of hydrogen-bond acceptors (Lipinski definition) is 2. The molecule has 0 atom stereocenters. The van der Waals surface area contributed by atoms with Gasteiger partial charge in [-0.2, -0.15) is 0 Å². The summed E-state index contributed by atoms with van der Waals surface area (Å²) in [6.45, 7) is 1.94. The van der Waals surface area contributed by atoms with Gasteiger partial charge in [-0.15, -0.1) is 0 Å². The van der Waals surface area contributed by atoms with E-state index in [0.717, 1.165) is 29.3 Å². The van der Waals surface area contributed by atoms with Gasteiger partial charge in [0.15, 0.2) is 0 Å². The Kier molecular flexibility index (Phi) is 4.04. The molecule has 4 rings (SSSR count). The average molecular weight is 354 g/mol. The number of H-pyrrole nitrogens is 1. The molecule has 5 heteroatoms. The van der Waals surface area contributed by atoms with Crippen LogP contribution < -0.4 is 4.72 Å². The van der Waals surface area contributed by atoms with Gasteiger partial charge in [-0.3, -0.25) is 4.72 Å². The van der Waals surface area contributed by atoms with Crippen molar-refractivity contribution in [3.05, 3.63) is 59.3 Å². The molecule has 0 aliphatic heterocycles. The number of aromatic amines is 1. The van der Waals surface area contributed by atoms with Crippen molar-refractivity contribution < 1.29 is 8.42 Å². The Morgan fingerprint density at radius 3 is 2.68 bits per heavy atom. The number of anilines is 1. The minimum atomic E-state index is -3.60. The van der Waals surface area contributed by atoms with Crippen LogP contribution >= 0.6 is 0 Å². The Labute approximate surface area is 148 Å². The predicted molar refractivity (Wildman–Crippen MR) is 102 cm³/mol. The van der Waals surface area contributed by atoms with Crippen LogP contribution in [0.2, 0.25) is 0 Å². The second-order valence-corrected chi connectivity index (χ2v) is 8.51. The first-order chi connectivity index (χ1) is 12.0. The summed E-state index contributed by atoms with van der Waals surface area (Å²) in [6.07, 6.45) is 5.66. The molecule has 0 amide bonds. The van der Waals surface area contributed by atoms with Gasteiger partial charge >= 0.3 is 0 Å². The predicted octanol–water partition coefficient (Wildman–Crippen LogP) is 4.55. The Morgan fingerprint density at radius 1 is 1.00 bits per heavy atom. The van der Waals surface area contributed by atoms with E-state index in [1.807, 2.05) is 37.3 Å². The van der Waals surface area contributed by atoms with E-state index < -0.39 is 10.0 Å². The Morgan fingerprint density at radius 2 is 1.84 bits per heavy atom. The van der Waals surface area contributed by atoms with Crippen LogP contribution in [0.5, 0.6) is 0 Å². The zero-order valence-electron chi connectivity index (χ0n) is 14.3. The van der Waals surface area contributed by atoms with Crippen molar-refractivity contribution in [2.45, 2.75) is 43.9 Å². The van der Waals surface area contributed by atoms with Crippen LogP contribution in [0.15, 0.2) is 47.4 Å². The first-order valence-electron chi connectivity index (χ1n) is 8.76. The third kappa shape index (κ3) is 3.16. The molecule has 0 saturated carbocycles. The number of hydrogen-bond donors (Lipinski definition) is 2. The second kappa shape index (κ2) is 6.23. The second-order valence-electron chi connectivity index (χ2n) is 6.83. The van der Waals surface area contributed by atoms with E-state index in [1.165, 1.54) is 30.5 Å². The molecule has 0 unspecified atom stereocenters. The number of sulfonamides is 1. The summed E-state index contributed by atoms with van der Waals surface area (Å²) in [4.78, 5) is 3.79. The summed E-state index contributed by atoms with van der Waals surface area (Å²) in [5.74, 6) is 0. The number of aryl methyl sites for hydroxylation is 3. The highest BCUT2D eigenvalue weighted by Crippen LogP contribution is 2.30. The van der Waals surface area contributed by atoms with Gasteiger partial charge in [0.2, 0.25) is 0 Å². The highest BCUT2D eigenvalue weighted by Gasteiger charge is 2.19. The number of nitrogens with one attached hydrogen (secondary N) is 2. The molecule has 2 aromatic carbocycles. The minimum Gasteiger partial charge on any atom is -0.358 e. The first kappa shape index (κ1) is 16.2. The van der Waals surface area contributed by atoms with Crippen LogP contribution in [0.4, 0.5) is 5.69 Å². The normalized spacial score (nSPS) is 14.9. The summed E-state index contributed by atoms with van der Waals surface area (Å²) >= 11 is 0. The number of rotatable bonds is 3. The van der Waals surface area contributed by atoms with Gasteiger partial charge in [0.05, 0.1) is 4.90 Å². The van der Waals surface area contributed by atoms with Gasteiger partial charge in [0, 0.05) is 22.3 Å². The zero-order valence-corrected chi connectivity index (χ0v) is 15.1. The SMILES string of the molecule is Cc1cccc(NS(=O)(=O)c2ccc3[nH]c4c(c3c2)CCCCC4)c1. The molecule has 0 fully saturated rings. The van der Waals surface area contributed by atoms with Crippen LogP contribution in [0.25, 0.3) is 10.9 Å². The van der Waals surface area contributed by atoms with Gasteiger partial charge in [-0.25, -0.2) is 8.42 Å². The highest BCUT2D eigenvalue weighted by atomic mass is 32.2. The molecule has 1 aromatic heterocycles. The highest BCUT2D eigenvalue weighted by molar-refractivity contribution is 7.92. The van der Waals surface area contributed by atoms with Crippen molar-refractivity contribution in [2.24, 2.45) is 0 Å². The van der Waals surface area contributed by atoms with E-state index in [9.17, 15) is 8.42 Å². The third-order valence-corrected chi connectivity index (χ3v) is 6.28. The monoisotopic (exact) mass is 354 g/mol. The third-order valence-electron chi connectivity index (χ3n) is 4.90. The van der Waals surface area contributed by atoms with Gasteiger partial charge in [0.1, 0.15) is 0 Å². The van der Waals surface area contributed by atoms with E-state index in [4.69, 9.17) is 0 Å². The van der Waals surface area contributed by atoms with Crippen molar-refractivity contribution >= 4 is 26.6 Å². The van der Waals surface area contributed by atoms with E-state index in [0.29, 0.717) is 10.6 Å². The first-order valence-corrected chi connectivity index (χ1v) is 10.2. The standard InChI is InChI=1S/C20H22N2O2S/c1-14-6-5-7-15(12-14)22-25(23,24)16-10-11-20-18(13-16)17-8-3-2-4-9-19(17)21-20/h5-7,10-13,21-22H,2-4,8-9H2,1H3. The maximum atomic E-state index is 12.8. The molecule has 1 heterocycles. The lowest BCUT2D eigenvalue weighted by atomic mass is 10.1. The van der Waals surface area contributed by atoms with Crippen LogP contribution in [0, 0.1) is 6.92 Å². The molecule has 1 aliphatic carbocycles. The van der Waals surface area contributed by atoms with Gasteiger partial charge in [0.25, 0.3) is 10.0 Å². The lowest BCUT2D eigenvalue weighted by Crippen LogP contribution is -2.12. The minimum absolute atomic E-state index is 0.313. The molecule has 130 valence electrons. The number of aromatic nitrogens is 1. The van der Waals surface area contributed by atoms with Crippen LogP contribution in [0.1, 0.15) is 36.1 Å². The van der Waals surface area contributed by atoms with E-state index in [-0.39, 0.29) is 0 Å². The summed E-state index contributed by atoms with van der Waals surface area (Å²) in [5, 5.41) is 1.05. The van der Waals surface area contributed by atoms with Crippen LogP contribution in [0.3, 0.4) is 0 Å². The molecule has 0 saturated heterocycles. The van der Waals surface area contributed by atoms with E-state index >= 15 is 0 Å². The molecule has 25 heavy (non-hydrogen) atoms. The van der Waals surface area contributed by atoms with E-state index in [2.05, 4.69) is 9.71 Å². The van der Waals surface area contributed by atoms with E-state index in [1.54, 1.807) is 12.1 Å². The Hall–Kier alpha value is -2.27.